The van der Waals surface area contributed by atoms with Crippen molar-refractivity contribution in [1.82, 2.24) is 14.5 Å². The second-order valence-corrected chi connectivity index (χ2v) is 13.6. The lowest BCUT2D eigenvalue weighted by Gasteiger charge is -2.22. The van der Waals surface area contributed by atoms with Crippen molar-refractivity contribution in [3.8, 4) is 0 Å². The lowest BCUT2D eigenvalue weighted by molar-refractivity contribution is -0.0595. The van der Waals surface area contributed by atoms with Crippen LogP contribution in [0.1, 0.15) is 142 Å². The first-order chi connectivity index (χ1) is 22.8. The summed E-state index contributed by atoms with van der Waals surface area (Å²) in [5, 5.41) is 38.6. The number of rotatable bonds is 25. The molecule has 6 N–H and O–H groups in total. The van der Waals surface area contributed by atoms with Crippen molar-refractivity contribution >= 4 is 22.7 Å². The molecule has 11 nitrogen and oxygen atoms in total. The number of ether oxygens (including phenoxy) is 2. The van der Waals surface area contributed by atoms with E-state index in [1.807, 2.05) is 0 Å². The SMILES string of the molecule is [CH2]CC(CC1O[C@@H](n2cc(C(N)=NO)c3c(NCCC(C)C)ncnc32)[C@H](O)C1O)OCCCCCCCCCCCCCCCC. The van der Waals surface area contributed by atoms with E-state index in [9.17, 15) is 15.4 Å². The maximum Gasteiger partial charge on any atom is 0.172 e. The summed E-state index contributed by atoms with van der Waals surface area (Å²) in [5.74, 6) is 0.919. The molecule has 2 aromatic heterocycles. The highest BCUT2D eigenvalue weighted by atomic mass is 16.6. The van der Waals surface area contributed by atoms with Gasteiger partial charge in [-0.15, -0.1) is 0 Å². The smallest absolute Gasteiger partial charge is 0.172 e. The zero-order valence-corrected chi connectivity index (χ0v) is 29.3. The number of aliphatic hydroxyl groups is 2. The van der Waals surface area contributed by atoms with Crippen molar-refractivity contribution in [2.45, 2.75) is 161 Å². The molecule has 1 radical (unpaired) electrons. The number of nitrogens with zero attached hydrogens (tertiary/aromatic N) is 4. The van der Waals surface area contributed by atoms with Gasteiger partial charge in [-0.2, -0.15) is 0 Å². The van der Waals surface area contributed by atoms with Gasteiger partial charge < -0.3 is 40.5 Å². The highest BCUT2D eigenvalue weighted by molar-refractivity contribution is 6.11. The van der Waals surface area contributed by atoms with Crippen LogP contribution in [0.25, 0.3) is 11.0 Å². The quantitative estimate of drug-likeness (QED) is 0.0247. The second-order valence-electron chi connectivity index (χ2n) is 13.6. The first kappa shape index (κ1) is 39.0. The van der Waals surface area contributed by atoms with Crippen molar-refractivity contribution in [3.63, 3.8) is 0 Å². The molecular formula is C36H63N6O5. The summed E-state index contributed by atoms with van der Waals surface area (Å²) in [5.41, 5.74) is 6.89. The van der Waals surface area contributed by atoms with Crippen LogP contribution in [-0.2, 0) is 9.47 Å². The molecule has 11 heteroatoms. The molecule has 267 valence electrons. The molecule has 5 atom stereocenters. The van der Waals surface area contributed by atoms with E-state index in [4.69, 9.17) is 15.2 Å². The van der Waals surface area contributed by atoms with Crippen molar-refractivity contribution in [2.75, 3.05) is 18.5 Å². The van der Waals surface area contributed by atoms with Crippen LogP contribution in [-0.4, -0.2) is 73.4 Å². The molecule has 0 saturated carbocycles. The van der Waals surface area contributed by atoms with Crippen molar-refractivity contribution in [1.29, 1.82) is 0 Å². The van der Waals surface area contributed by atoms with E-state index in [2.05, 4.69) is 48.1 Å². The van der Waals surface area contributed by atoms with Crippen LogP contribution in [0.5, 0.6) is 0 Å². The highest BCUT2D eigenvalue weighted by Crippen LogP contribution is 2.37. The Morgan fingerprint density at radius 1 is 1.00 bits per heavy atom. The summed E-state index contributed by atoms with van der Waals surface area (Å²) < 4.78 is 14.0. The molecule has 0 aliphatic carbocycles. The molecule has 47 heavy (non-hydrogen) atoms. The van der Waals surface area contributed by atoms with Gasteiger partial charge in [0.15, 0.2) is 12.1 Å². The number of nitrogens with one attached hydrogen (secondary N) is 1. The Morgan fingerprint density at radius 2 is 1.62 bits per heavy atom. The summed E-state index contributed by atoms with van der Waals surface area (Å²) in [6.45, 7) is 11.9. The van der Waals surface area contributed by atoms with Crippen molar-refractivity contribution in [3.05, 3.63) is 25.0 Å². The third-order valence-electron chi connectivity index (χ3n) is 9.29. The predicted octanol–water partition coefficient (Wildman–Crippen LogP) is 7.08. The monoisotopic (exact) mass is 659 g/mol. The third-order valence-corrected chi connectivity index (χ3v) is 9.29. The van der Waals surface area contributed by atoms with E-state index in [1.54, 1.807) is 10.8 Å². The molecule has 0 aromatic carbocycles. The van der Waals surface area contributed by atoms with Crippen LogP contribution in [0.3, 0.4) is 0 Å². The molecule has 0 bridgehead atoms. The van der Waals surface area contributed by atoms with E-state index >= 15 is 0 Å². The average Bonchev–Trinajstić information content (AvgIpc) is 3.58. The molecule has 3 rings (SSSR count). The molecule has 0 spiro atoms. The van der Waals surface area contributed by atoms with Gasteiger partial charge >= 0.3 is 0 Å². The minimum atomic E-state index is -1.22. The molecule has 2 aromatic rings. The molecule has 3 unspecified atom stereocenters. The molecule has 1 aliphatic rings. The van der Waals surface area contributed by atoms with E-state index in [1.165, 1.54) is 83.4 Å². The number of aliphatic hydroxyl groups excluding tert-OH is 2. The number of hydrogen-bond donors (Lipinski definition) is 5. The van der Waals surface area contributed by atoms with Gasteiger partial charge in [0, 0.05) is 25.8 Å². The van der Waals surface area contributed by atoms with E-state index in [0.29, 0.717) is 54.3 Å². The molecule has 3 heterocycles. The van der Waals surface area contributed by atoms with Gasteiger partial charge in [-0.1, -0.05) is 116 Å². The Kier molecular flexibility index (Phi) is 17.8. The molecule has 1 fully saturated rings. The van der Waals surface area contributed by atoms with Gasteiger partial charge in [0.1, 0.15) is 30.0 Å². The van der Waals surface area contributed by atoms with Crippen LogP contribution >= 0.6 is 0 Å². The number of oxime groups is 1. The summed E-state index contributed by atoms with van der Waals surface area (Å²) in [6, 6.07) is 0. The van der Waals surface area contributed by atoms with Gasteiger partial charge in [0.05, 0.1) is 23.2 Å². The number of anilines is 1. The first-order valence-corrected chi connectivity index (χ1v) is 18.3. The molecule has 1 saturated heterocycles. The maximum absolute atomic E-state index is 11.1. The normalized spacial score (nSPS) is 20.9. The summed E-state index contributed by atoms with van der Waals surface area (Å²) in [4.78, 5) is 8.84. The number of fused-ring (bicyclic) bond motifs is 1. The van der Waals surface area contributed by atoms with Crippen LogP contribution in [0.4, 0.5) is 5.82 Å². The average molecular weight is 660 g/mol. The topological polar surface area (TPSA) is 160 Å². The van der Waals surface area contributed by atoms with Crippen molar-refractivity contribution in [2.24, 2.45) is 16.8 Å². The molecular weight excluding hydrogens is 596 g/mol. The predicted molar refractivity (Wildman–Crippen MR) is 189 cm³/mol. The lowest BCUT2D eigenvalue weighted by atomic mass is 10.0. The number of aromatic nitrogens is 3. The minimum absolute atomic E-state index is 0.117. The van der Waals surface area contributed by atoms with Crippen LogP contribution < -0.4 is 11.1 Å². The van der Waals surface area contributed by atoms with E-state index in [0.717, 1.165) is 19.3 Å². The van der Waals surface area contributed by atoms with Gasteiger partial charge in [-0.05, 0) is 25.2 Å². The number of nitrogens with two attached hydrogens (primary N) is 1. The number of amidine groups is 1. The Hall–Kier alpha value is -2.47. The first-order valence-electron chi connectivity index (χ1n) is 18.3. The third kappa shape index (κ3) is 12.2. The summed E-state index contributed by atoms with van der Waals surface area (Å²) in [7, 11) is 0. The Morgan fingerprint density at radius 3 is 2.19 bits per heavy atom. The summed E-state index contributed by atoms with van der Waals surface area (Å²) in [6.07, 6.45) is 19.1. The van der Waals surface area contributed by atoms with E-state index < -0.39 is 24.5 Å². The molecule has 1 aliphatic heterocycles. The zero-order chi connectivity index (χ0) is 34.0. The largest absolute Gasteiger partial charge is 0.409 e. The number of unbranched alkanes of at least 4 members (excludes halogenated alkanes) is 13. The number of hydrogen-bond acceptors (Lipinski definition) is 9. The molecule has 0 amide bonds. The Balaban J connectivity index is 1.46. The van der Waals surface area contributed by atoms with Gasteiger partial charge in [-0.3, -0.25) is 0 Å². The minimum Gasteiger partial charge on any atom is -0.409 e. The fraction of sp³-hybridized carbons (Fsp3) is 0.778. The van der Waals surface area contributed by atoms with Crippen LogP contribution in [0.2, 0.25) is 0 Å². The Bertz CT molecular complexity index is 1170. The summed E-state index contributed by atoms with van der Waals surface area (Å²) >= 11 is 0. The fourth-order valence-electron chi connectivity index (χ4n) is 6.37. The Labute approximate surface area is 282 Å². The fourth-order valence-corrected chi connectivity index (χ4v) is 6.37. The zero-order valence-electron chi connectivity index (χ0n) is 29.3. The van der Waals surface area contributed by atoms with E-state index in [-0.39, 0.29) is 11.9 Å². The lowest BCUT2D eigenvalue weighted by Crippen LogP contribution is -2.34. The van der Waals surface area contributed by atoms with Crippen molar-refractivity contribution < 1.29 is 24.9 Å². The van der Waals surface area contributed by atoms with Gasteiger partial charge in [0.2, 0.25) is 0 Å². The maximum atomic E-state index is 11.1. The van der Waals surface area contributed by atoms with Crippen LogP contribution in [0, 0.1) is 12.8 Å². The standard InChI is InChI=1S/C36H63N6O5/c1-5-7-8-9-10-11-12-13-14-15-16-17-18-19-22-46-27(6-2)23-29-31(43)32(44)36(47-29)42-24-28(33(37)41-45)30-34(38-21-20-26(3)4)39-25-40-35(30)42/h24-27,29,31-32,36,43-45H,2,5-23H2,1,3-4H3,(H2,37,41)(H,38,39,40)/t27?,29?,31?,32-,36-/m1/s1. The van der Waals surface area contributed by atoms with Gasteiger partial charge in [-0.25, -0.2) is 9.97 Å². The van der Waals surface area contributed by atoms with Crippen LogP contribution in [0.15, 0.2) is 17.7 Å². The highest BCUT2D eigenvalue weighted by Gasteiger charge is 2.45. The van der Waals surface area contributed by atoms with Gasteiger partial charge in [0.25, 0.3) is 0 Å². The second kappa shape index (κ2) is 21.5.